The second kappa shape index (κ2) is 6.38. The first-order valence-corrected chi connectivity index (χ1v) is 4.89. The molecule has 0 bridgehead atoms. The minimum Gasteiger partial charge on any atom is -0.258 e. The molecule has 78 valence electrons. The first kappa shape index (κ1) is 12.9. The molecule has 0 amide bonds. The summed E-state index contributed by atoms with van der Waals surface area (Å²) in [5, 5.41) is 10.6. The van der Waals surface area contributed by atoms with Crippen LogP contribution in [0.15, 0.2) is 35.0 Å². The molecule has 0 spiro atoms. The van der Waals surface area contributed by atoms with E-state index in [1.807, 2.05) is 26.8 Å². The molecule has 0 saturated carbocycles. The van der Waals surface area contributed by atoms with E-state index in [1.54, 1.807) is 12.2 Å². The summed E-state index contributed by atoms with van der Waals surface area (Å²) in [7, 11) is 0. The van der Waals surface area contributed by atoms with Crippen molar-refractivity contribution in [3.05, 3.63) is 45.1 Å². The summed E-state index contributed by atoms with van der Waals surface area (Å²) in [6.07, 6.45) is 6.55. The number of hydrogen-bond acceptors (Lipinski definition) is 2. The predicted molar refractivity (Wildman–Crippen MR) is 58.7 cm³/mol. The third kappa shape index (κ3) is 3.75. The zero-order valence-electron chi connectivity index (χ0n) is 8.53. The van der Waals surface area contributed by atoms with Crippen LogP contribution in [0.25, 0.3) is 0 Å². The fraction of sp³-hybridized carbons (Fsp3) is 0.400. The van der Waals surface area contributed by atoms with Gasteiger partial charge in [0.05, 0.1) is 4.92 Å². The Bertz CT molecular complexity index is 292. The molecule has 3 nitrogen and oxygen atoms in total. The molecule has 0 aliphatic heterocycles. The summed E-state index contributed by atoms with van der Waals surface area (Å²) >= 11 is 5.65. The maximum atomic E-state index is 10.4. The standard InChI is InChI=1S/C8H8ClNO2.C2H6/c1-6-2-4-7(9)8(5-3-6)10(11)12;1-2/h2-6H,1H3;1-2H3. The van der Waals surface area contributed by atoms with Gasteiger partial charge in [-0.3, -0.25) is 10.1 Å². The summed E-state index contributed by atoms with van der Waals surface area (Å²) in [6, 6.07) is 0. The van der Waals surface area contributed by atoms with Crippen LogP contribution in [-0.4, -0.2) is 4.92 Å². The molecule has 0 radical (unpaired) electrons. The van der Waals surface area contributed by atoms with Gasteiger partial charge in [0.15, 0.2) is 0 Å². The third-order valence-electron chi connectivity index (χ3n) is 1.55. The fourth-order valence-corrected chi connectivity index (χ4v) is 1.06. The Hall–Kier alpha value is -1.09. The predicted octanol–water partition coefficient (Wildman–Crippen LogP) is 3.50. The van der Waals surface area contributed by atoms with E-state index in [0.717, 1.165) is 0 Å². The van der Waals surface area contributed by atoms with Gasteiger partial charge >= 0.3 is 0 Å². The second-order valence-corrected chi connectivity index (χ2v) is 2.97. The third-order valence-corrected chi connectivity index (χ3v) is 1.86. The van der Waals surface area contributed by atoms with E-state index in [0.29, 0.717) is 0 Å². The van der Waals surface area contributed by atoms with E-state index >= 15 is 0 Å². The van der Waals surface area contributed by atoms with Gasteiger partial charge in [-0.15, -0.1) is 0 Å². The molecular weight excluding hydrogens is 202 g/mol. The number of nitrogens with zero attached hydrogens (tertiary/aromatic N) is 1. The van der Waals surface area contributed by atoms with Gasteiger partial charge in [-0.25, -0.2) is 0 Å². The van der Waals surface area contributed by atoms with Gasteiger partial charge in [0.25, 0.3) is 5.70 Å². The number of rotatable bonds is 1. The van der Waals surface area contributed by atoms with Gasteiger partial charge in [-0.2, -0.15) is 0 Å². The zero-order valence-corrected chi connectivity index (χ0v) is 9.28. The maximum Gasteiger partial charge on any atom is 0.287 e. The SMILES string of the molecule is CC.CC1C=CC(Cl)=C([N+](=O)[O-])C=C1. The lowest BCUT2D eigenvalue weighted by atomic mass is 10.2. The van der Waals surface area contributed by atoms with Crippen LogP contribution in [0, 0.1) is 16.0 Å². The molecule has 0 aromatic carbocycles. The molecule has 0 aromatic heterocycles. The molecule has 0 N–H and O–H groups in total. The molecule has 1 atom stereocenters. The lowest BCUT2D eigenvalue weighted by molar-refractivity contribution is -0.419. The van der Waals surface area contributed by atoms with E-state index in [2.05, 4.69) is 0 Å². The molecule has 0 fully saturated rings. The molecule has 14 heavy (non-hydrogen) atoms. The van der Waals surface area contributed by atoms with Crippen LogP contribution in [0.2, 0.25) is 0 Å². The van der Waals surface area contributed by atoms with Crippen LogP contribution in [-0.2, 0) is 0 Å². The van der Waals surface area contributed by atoms with E-state index in [-0.39, 0.29) is 16.6 Å². The van der Waals surface area contributed by atoms with Gasteiger partial charge < -0.3 is 0 Å². The van der Waals surface area contributed by atoms with Gasteiger partial charge in [-0.1, -0.05) is 44.5 Å². The average molecular weight is 216 g/mol. The highest BCUT2D eigenvalue weighted by Crippen LogP contribution is 2.18. The zero-order chi connectivity index (χ0) is 11.1. The van der Waals surface area contributed by atoms with E-state index < -0.39 is 4.92 Å². The highest BCUT2D eigenvalue weighted by atomic mass is 35.5. The Balaban J connectivity index is 0.000000791. The highest BCUT2D eigenvalue weighted by molar-refractivity contribution is 6.31. The fourth-order valence-electron chi connectivity index (χ4n) is 0.856. The van der Waals surface area contributed by atoms with E-state index in [9.17, 15) is 10.1 Å². The van der Waals surface area contributed by atoms with Crippen molar-refractivity contribution in [3.63, 3.8) is 0 Å². The first-order chi connectivity index (χ1) is 6.61. The Morgan fingerprint density at radius 3 is 2.36 bits per heavy atom. The van der Waals surface area contributed by atoms with Crippen molar-refractivity contribution in [1.29, 1.82) is 0 Å². The average Bonchev–Trinajstić information content (AvgIpc) is 2.32. The number of halogens is 1. The van der Waals surface area contributed by atoms with Crippen molar-refractivity contribution in [2.75, 3.05) is 0 Å². The van der Waals surface area contributed by atoms with Crippen LogP contribution in [0.4, 0.5) is 0 Å². The summed E-state index contributed by atoms with van der Waals surface area (Å²) < 4.78 is 0. The van der Waals surface area contributed by atoms with Crippen LogP contribution < -0.4 is 0 Å². The monoisotopic (exact) mass is 215 g/mol. The molecule has 4 heteroatoms. The largest absolute Gasteiger partial charge is 0.287 e. The van der Waals surface area contributed by atoms with Gasteiger partial charge in [0, 0.05) is 6.08 Å². The molecule has 1 aliphatic carbocycles. The van der Waals surface area contributed by atoms with Crippen LogP contribution in [0.1, 0.15) is 20.8 Å². The number of allylic oxidation sites excluding steroid dienone is 5. The smallest absolute Gasteiger partial charge is 0.258 e. The normalized spacial score (nSPS) is 19.9. The van der Waals surface area contributed by atoms with Crippen LogP contribution in [0.3, 0.4) is 0 Å². The summed E-state index contributed by atoms with van der Waals surface area (Å²) in [6.45, 7) is 5.93. The Morgan fingerprint density at radius 1 is 1.36 bits per heavy atom. The summed E-state index contributed by atoms with van der Waals surface area (Å²) in [5.74, 6) is 0.191. The lowest BCUT2D eigenvalue weighted by Crippen LogP contribution is -1.96. The topological polar surface area (TPSA) is 43.1 Å². The molecule has 0 saturated heterocycles. The number of nitro groups is 1. The molecule has 0 aromatic rings. The molecule has 1 unspecified atom stereocenters. The van der Waals surface area contributed by atoms with Crippen molar-refractivity contribution in [3.8, 4) is 0 Å². The van der Waals surface area contributed by atoms with Crippen LogP contribution >= 0.6 is 11.6 Å². The molecular formula is C10H14ClNO2. The highest BCUT2D eigenvalue weighted by Gasteiger charge is 2.13. The van der Waals surface area contributed by atoms with Crippen LogP contribution in [0.5, 0.6) is 0 Å². The minimum atomic E-state index is -0.485. The van der Waals surface area contributed by atoms with Crippen molar-refractivity contribution >= 4 is 11.6 Å². The Morgan fingerprint density at radius 2 is 1.86 bits per heavy atom. The van der Waals surface area contributed by atoms with E-state index in [1.165, 1.54) is 6.08 Å². The van der Waals surface area contributed by atoms with E-state index in [4.69, 9.17) is 11.6 Å². The van der Waals surface area contributed by atoms with Crippen molar-refractivity contribution in [2.45, 2.75) is 20.8 Å². The Kier molecular flexibility index (Phi) is 5.88. The summed E-state index contributed by atoms with van der Waals surface area (Å²) in [4.78, 5) is 9.92. The maximum absolute atomic E-state index is 10.4. The molecule has 1 aliphatic rings. The second-order valence-electron chi connectivity index (χ2n) is 2.57. The van der Waals surface area contributed by atoms with Crippen molar-refractivity contribution in [1.82, 2.24) is 0 Å². The summed E-state index contributed by atoms with van der Waals surface area (Å²) in [5.41, 5.74) is -0.0442. The van der Waals surface area contributed by atoms with Crippen molar-refractivity contribution < 1.29 is 4.92 Å². The lowest BCUT2D eigenvalue weighted by Gasteiger charge is -1.91. The molecule has 1 rings (SSSR count). The minimum absolute atomic E-state index is 0.0442. The van der Waals surface area contributed by atoms with Gasteiger partial charge in [0.1, 0.15) is 5.03 Å². The van der Waals surface area contributed by atoms with Gasteiger partial charge in [0.2, 0.25) is 0 Å². The Labute approximate surface area is 88.9 Å². The van der Waals surface area contributed by atoms with Gasteiger partial charge in [-0.05, 0) is 12.0 Å². The first-order valence-electron chi connectivity index (χ1n) is 4.52. The quantitative estimate of drug-likeness (QED) is 0.496. The van der Waals surface area contributed by atoms with Crippen molar-refractivity contribution in [2.24, 2.45) is 5.92 Å². The number of hydrogen-bond donors (Lipinski definition) is 0. The molecule has 0 heterocycles.